The van der Waals surface area contributed by atoms with Crippen LogP contribution in [-0.4, -0.2) is 15.9 Å². The van der Waals surface area contributed by atoms with Crippen LogP contribution < -0.4 is 10.6 Å². The van der Waals surface area contributed by atoms with Crippen molar-refractivity contribution in [1.29, 1.82) is 0 Å². The van der Waals surface area contributed by atoms with E-state index in [9.17, 15) is 14.9 Å². The third-order valence-corrected chi connectivity index (χ3v) is 3.43. The quantitative estimate of drug-likeness (QED) is 0.338. The van der Waals surface area contributed by atoms with E-state index in [4.69, 9.17) is 23.8 Å². The second-order valence-electron chi connectivity index (χ2n) is 4.74. The molecule has 1 amide bonds. The van der Waals surface area contributed by atoms with Gasteiger partial charge in [-0.2, -0.15) is 0 Å². The Labute approximate surface area is 139 Å². The van der Waals surface area contributed by atoms with E-state index < -0.39 is 4.92 Å². The summed E-state index contributed by atoms with van der Waals surface area (Å²) in [6.07, 6.45) is 4.44. The van der Waals surface area contributed by atoms with Gasteiger partial charge in [0.15, 0.2) is 5.11 Å². The number of hydrogen-bond acceptors (Lipinski definition) is 4. The van der Waals surface area contributed by atoms with Crippen LogP contribution in [0, 0.1) is 10.1 Å². The van der Waals surface area contributed by atoms with Gasteiger partial charge in [0.2, 0.25) is 5.91 Å². The number of halogens is 1. The highest BCUT2D eigenvalue weighted by molar-refractivity contribution is 7.80. The van der Waals surface area contributed by atoms with Crippen LogP contribution in [0.1, 0.15) is 39.0 Å². The fourth-order valence-corrected chi connectivity index (χ4v) is 2.21. The summed E-state index contributed by atoms with van der Waals surface area (Å²) in [4.78, 5) is 21.9. The van der Waals surface area contributed by atoms with E-state index in [0.29, 0.717) is 12.1 Å². The normalized spacial score (nSPS) is 10.1. The third-order valence-electron chi connectivity index (χ3n) is 2.91. The lowest BCUT2D eigenvalue weighted by Crippen LogP contribution is -2.33. The number of nitro benzene ring substituents is 1. The molecule has 0 bridgehead atoms. The van der Waals surface area contributed by atoms with Crippen LogP contribution in [0.5, 0.6) is 0 Å². The fraction of sp³-hybridized carbons (Fsp3) is 0.429. The van der Waals surface area contributed by atoms with Crippen LogP contribution in [0.15, 0.2) is 18.2 Å². The first-order valence-corrected chi connectivity index (χ1v) is 7.77. The lowest BCUT2D eigenvalue weighted by Gasteiger charge is -2.09. The summed E-state index contributed by atoms with van der Waals surface area (Å²) in [6, 6.07) is 4.22. The van der Waals surface area contributed by atoms with Crippen LogP contribution in [0.25, 0.3) is 0 Å². The van der Waals surface area contributed by atoms with Crippen LogP contribution in [0.3, 0.4) is 0 Å². The molecule has 0 unspecified atom stereocenters. The van der Waals surface area contributed by atoms with Crippen molar-refractivity contribution in [3.05, 3.63) is 33.3 Å². The first-order chi connectivity index (χ1) is 10.4. The molecule has 6 nitrogen and oxygen atoms in total. The molecule has 0 aliphatic carbocycles. The SMILES string of the molecule is CCCCCCC(=O)NC(=S)Nc1ccc(Cl)c([N+](=O)[O-])c1. The van der Waals surface area contributed by atoms with E-state index in [2.05, 4.69) is 17.6 Å². The molecule has 8 heteroatoms. The molecule has 0 radical (unpaired) electrons. The smallest absolute Gasteiger partial charge is 0.289 e. The third kappa shape index (κ3) is 6.36. The van der Waals surface area contributed by atoms with Gasteiger partial charge in [0.05, 0.1) is 4.92 Å². The highest BCUT2D eigenvalue weighted by atomic mass is 35.5. The average Bonchev–Trinajstić information content (AvgIpc) is 2.45. The Bertz CT molecular complexity index is 566. The number of rotatable bonds is 7. The van der Waals surface area contributed by atoms with Crippen molar-refractivity contribution in [2.24, 2.45) is 0 Å². The van der Waals surface area contributed by atoms with Gasteiger partial charge < -0.3 is 10.6 Å². The van der Waals surface area contributed by atoms with E-state index >= 15 is 0 Å². The largest absolute Gasteiger partial charge is 0.332 e. The van der Waals surface area contributed by atoms with E-state index in [1.54, 1.807) is 6.07 Å². The predicted octanol–water partition coefficient (Wildman–Crippen LogP) is 4.03. The zero-order valence-electron chi connectivity index (χ0n) is 12.2. The zero-order chi connectivity index (χ0) is 16.5. The maximum Gasteiger partial charge on any atom is 0.289 e. The molecular formula is C14H18ClN3O3S. The lowest BCUT2D eigenvalue weighted by atomic mass is 10.1. The van der Waals surface area contributed by atoms with Gasteiger partial charge >= 0.3 is 0 Å². The van der Waals surface area contributed by atoms with Crippen LogP contribution in [0.4, 0.5) is 11.4 Å². The minimum atomic E-state index is -0.580. The molecule has 0 saturated heterocycles. The number of benzene rings is 1. The number of anilines is 1. The molecule has 2 N–H and O–H groups in total. The van der Waals surface area contributed by atoms with Crippen molar-refractivity contribution < 1.29 is 9.72 Å². The summed E-state index contributed by atoms with van der Waals surface area (Å²) in [7, 11) is 0. The van der Waals surface area contributed by atoms with Crippen molar-refractivity contribution in [3.8, 4) is 0 Å². The summed E-state index contributed by atoms with van der Waals surface area (Å²) in [5, 5.41) is 16.2. The zero-order valence-corrected chi connectivity index (χ0v) is 13.8. The van der Waals surface area contributed by atoms with E-state index in [1.165, 1.54) is 12.1 Å². The summed E-state index contributed by atoms with van der Waals surface area (Å²) in [5.74, 6) is -0.169. The summed E-state index contributed by atoms with van der Waals surface area (Å²) >= 11 is 10.7. The topological polar surface area (TPSA) is 84.3 Å². The molecule has 0 aliphatic heterocycles. The van der Waals surface area contributed by atoms with Crippen molar-refractivity contribution in [2.45, 2.75) is 39.0 Å². The van der Waals surface area contributed by atoms with Gasteiger partial charge in [0.1, 0.15) is 5.02 Å². The Hall–Kier alpha value is -1.73. The number of amides is 1. The van der Waals surface area contributed by atoms with Crippen molar-refractivity contribution in [3.63, 3.8) is 0 Å². The number of thiocarbonyl (C=S) groups is 1. The Balaban J connectivity index is 2.50. The van der Waals surface area contributed by atoms with Gasteiger partial charge in [-0.15, -0.1) is 0 Å². The summed E-state index contributed by atoms with van der Waals surface area (Å²) in [5.41, 5.74) is 0.174. The summed E-state index contributed by atoms with van der Waals surface area (Å²) < 4.78 is 0. The summed E-state index contributed by atoms with van der Waals surface area (Å²) in [6.45, 7) is 2.10. The Morgan fingerprint density at radius 3 is 2.73 bits per heavy atom. The molecule has 0 spiro atoms. The molecule has 0 aromatic heterocycles. The number of carbonyl (C=O) groups excluding carboxylic acids is 1. The van der Waals surface area contributed by atoms with Crippen molar-refractivity contribution in [2.75, 3.05) is 5.32 Å². The lowest BCUT2D eigenvalue weighted by molar-refractivity contribution is -0.384. The molecule has 0 atom stereocenters. The molecule has 22 heavy (non-hydrogen) atoms. The minimum Gasteiger partial charge on any atom is -0.332 e. The van der Waals surface area contributed by atoms with Gasteiger partial charge in [0, 0.05) is 18.2 Å². The maximum atomic E-state index is 11.7. The van der Waals surface area contributed by atoms with Gasteiger partial charge in [-0.1, -0.05) is 37.8 Å². The molecule has 0 fully saturated rings. The molecule has 0 heterocycles. The molecule has 1 rings (SSSR count). The van der Waals surface area contributed by atoms with Gasteiger partial charge in [-0.05, 0) is 30.8 Å². The molecule has 0 aliphatic rings. The number of nitro groups is 1. The molecule has 1 aromatic carbocycles. The monoisotopic (exact) mass is 343 g/mol. The Morgan fingerprint density at radius 2 is 2.09 bits per heavy atom. The molecule has 0 saturated carbocycles. The number of hydrogen-bond donors (Lipinski definition) is 2. The highest BCUT2D eigenvalue weighted by Gasteiger charge is 2.13. The van der Waals surface area contributed by atoms with Crippen LogP contribution >= 0.6 is 23.8 Å². The Kier molecular flexibility index (Phi) is 7.76. The van der Waals surface area contributed by atoms with E-state index in [1.807, 2.05) is 0 Å². The van der Waals surface area contributed by atoms with E-state index in [-0.39, 0.29) is 21.7 Å². The highest BCUT2D eigenvalue weighted by Crippen LogP contribution is 2.27. The first kappa shape index (κ1) is 18.3. The Morgan fingerprint density at radius 1 is 1.36 bits per heavy atom. The standard InChI is InChI=1S/C14H18ClN3O3S/c1-2-3-4-5-6-13(19)17-14(22)16-10-7-8-11(15)12(9-10)18(20)21/h7-9H,2-6H2,1H3,(H2,16,17,19,22). The minimum absolute atomic E-state index is 0.0430. The molecule has 1 aromatic rings. The van der Waals surface area contributed by atoms with Gasteiger partial charge in [0.25, 0.3) is 5.69 Å². The van der Waals surface area contributed by atoms with E-state index in [0.717, 1.165) is 25.7 Å². The second kappa shape index (κ2) is 9.32. The first-order valence-electron chi connectivity index (χ1n) is 6.98. The van der Waals surface area contributed by atoms with Crippen LogP contribution in [0.2, 0.25) is 5.02 Å². The van der Waals surface area contributed by atoms with Crippen LogP contribution in [-0.2, 0) is 4.79 Å². The second-order valence-corrected chi connectivity index (χ2v) is 5.55. The van der Waals surface area contributed by atoms with Gasteiger partial charge in [-0.3, -0.25) is 14.9 Å². The van der Waals surface area contributed by atoms with Crippen molar-refractivity contribution >= 4 is 46.2 Å². The van der Waals surface area contributed by atoms with Gasteiger partial charge in [-0.25, -0.2) is 0 Å². The maximum absolute atomic E-state index is 11.7. The number of unbranched alkanes of at least 4 members (excludes halogenated alkanes) is 3. The molecular weight excluding hydrogens is 326 g/mol. The van der Waals surface area contributed by atoms with Crippen molar-refractivity contribution in [1.82, 2.24) is 5.32 Å². The number of carbonyl (C=O) groups is 1. The molecule has 120 valence electrons. The average molecular weight is 344 g/mol. The fourth-order valence-electron chi connectivity index (χ4n) is 1.79. The predicted molar refractivity (Wildman–Crippen MR) is 91.2 cm³/mol. The number of nitrogens with one attached hydrogen (secondary N) is 2. The number of nitrogens with zero attached hydrogens (tertiary/aromatic N) is 1.